The lowest BCUT2D eigenvalue weighted by atomic mass is 9.91. The number of hydrogen-bond donors (Lipinski definition) is 2. The van der Waals surface area contributed by atoms with Gasteiger partial charge in [0.2, 0.25) is 0 Å². The molecule has 15 heavy (non-hydrogen) atoms. The highest BCUT2D eigenvalue weighted by Gasteiger charge is 2.33. The van der Waals surface area contributed by atoms with Gasteiger partial charge in [0, 0.05) is 19.0 Å². The second kappa shape index (κ2) is 3.96. The normalized spacial score (nSPS) is 27.3. The highest BCUT2D eigenvalue weighted by Crippen LogP contribution is 2.24. The Bertz CT molecular complexity index is 273. The molecule has 2 rings (SSSR count). The number of rotatable bonds is 1. The van der Waals surface area contributed by atoms with Crippen LogP contribution < -0.4 is 5.32 Å². The molecule has 2 saturated heterocycles. The standard InChI is InChI=1S/C9H14N2O4/c12-8-10-5-7(15-8)6-1-3-11(4-2-6)9(13)14/h6-7H,1-5H2,(H,10,12)(H,13,14). The van der Waals surface area contributed by atoms with E-state index >= 15 is 0 Å². The summed E-state index contributed by atoms with van der Waals surface area (Å²) in [5.41, 5.74) is 0. The molecule has 0 aromatic carbocycles. The second-order valence-electron chi connectivity index (χ2n) is 3.93. The lowest BCUT2D eigenvalue weighted by Crippen LogP contribution is -2.41. The lowest BCUT2D eigenvalue weighted by Gasteiger charge is -2.31. The largest absolute Gasteiger partial charge is 0.465 e. The first-order chi connectivity index (χ1) is 7.16. The van der Waals surface area contributed by atoms with Crippen LogP contribution in [0.1, 0.15) is 12.8 Å². The van der Waals surface area contributed by atoms with Crippen LogP contribution in [0.3, 0.4) is 0 Å². The SMILES string of the molecule is O=C1NCC(C2CCN(C(=O)O)CC2)O1. The molecule has 6 nitrogen and oxygen atoms in total. The van der Waals surface area contributed by atoms with Crippen molar-refractivity contribution in [2.24, 2.45) is 5.92 Å². The number of nitrogens with one attached hydrogen (secondary N) is 1. The topological polar surface area (TPSA) is 78.9 Å². The quantitative estimate of drug-likeness (QED) is 0.665. The molecule has 2 fully saturated rings. The van der Waals surface area contributed by atoms with E-state index in [1.807, 2.05) is 0 Å². The van der Waals surface area contributed by atoms with E-state index in [9.17, 15) is 9.59 Å². The molecule has 6 heteroatoms. The zero-order valence-corrected chi connectivity index (χ0v) is 8.31. The van der Waals surface area contributed by atoms with Gasteiger partial charge in [0.05, 0.1) is 6.54 Å². The van der Waals surface area contributed by atoms with Crippen LogP contribution in [0.25, 0.3) is 0 Å². The fourth-order valence-corrected chi connectivity index (χ4v) is 2.13. The van der Waals surface area contributed by atoms with Gasteiger partial charge in [-0.05, 0) is 12.8 Å². The molecule has 0 spiro atoms. The van der Waals surface area contributed by atoms with Gasteiger partial charge in [-0.25, -0.2) is 9.59 Å². The highest BCUT2D eigenvalue weighted by molar-refractivity contribution is 5.69. The Morgan fingerprint density at radius 3 is 2.60 bits per heavy atom. The third-order valence-electron chi connectivity index (χ3n) is 3.04. The van der Waals surface area contributed by atoms with Gasteiger partial charge < -0.3 is 20.1 Å². The Hall–Kier alpha value is -1.46. The summed E-state index contributed by atoms with van der Waals surface area (Å²) in [6.45, 7) is 1.62. The number of piperidine rings is 1. The Labute approximate surface area is 87.2 Å². The van der Waals surface area contributed by atoms with Gasteiger partial charge in [0.15, 0.2) is 0 Å². The van der Waals surface area contributed by atoms with E-state index in [2.05, 4.69) is 5.32 Å². The maximum absolute atomic E-state index is 10.8. The molecule has 0 aliphatic carbocycles. The number of hydrogen-bond acceptors (Lipinski definition) is 3. The smallest absolute Gasteiger partial charge is 0.407 e. The number of ether oxygens (including phenoxy) is 1. The van der Waals surface area contributed by atoms with Gasteiger partial charge in [-0.15, -0.1) is 0 Å². The number of cyclic esters (lactones) is 1. The minimum absolute atomic E-state index is 0.0755. The molecule has 2 aliphatic rings. The van der Waals surface area contributed by atoms with E-state index in [1.54, 1.807) is 0 Å². The van der Waals surface area contributed by atoms with Gasteiger partial charge in [0.25, 0.3) is 0 Å². The molecule has 2 heterocycles. The third-order valence-corrected chi connectivity index (χ3v) is 3.04. The van der Waals surface area contributed by atoms with Crippen LogP contribution in [-0.2, 0) is 4.74 Å². The van der Waals surface area contributed by atoms with Crippen LogP contribution in [0.2, 0.25) is 0 Å². The van der Waals surface area contributed by atoms with E-state index in [-0.39, 0.29) is 12.2 Å². The third kappa shape index (κ3) is 2.14. The molecule has 0 aromatic rings. The average Bonchev–Trinajstić information content (AvgIpc) is 2.65. The molecule has 0 saturated carbocycles. The Kier molecular flexibility index (Phi) is 2.66. The van der Waals surface area contributed by atoms with Crippen LogP contribution in [0.15, 0.2) is 0 Å². The van der Waals surface area contributed by atoms with E-state index in [0.717, 1.165) is 12.8 Å². The molecule has 2 N–H and O–H groups in total. The maximum Gasteiger partial charge on any atom is 0.407 e. The number of amides is 2. The number of carboxylic acid groups (broad SMARTS) is 1. The van der Waals surface area contributed by atoms with Gasteiger partial charge in [-0.3, -0.25) is 0 Å². The van der Waals surface area contributed by atoms with E-state index in [0.29, 0.717) is 25.6 Å². The van der Waals surface area contributed by atoms with Crippen molar-refractivity contribution in [1.82, 2.24) is 10.2 Å². The lowest BCUT2D eigenvalue weighted by molar-refractivity contribution is 0.0653. The number of carbonyl (C=O) groups is 2. The van der Waals surface area contributed by atoms with Gasteiger partial charge in [0.1, 0.15) is 6.10 Å². The molecular formula is C9H14N2O4. The number of carbonyl (C=O) groups excluding carboxylic acids is 1. The predicted octanol–water partition coefficient (Wildman–Crippen LogP) is 0.485. The zero-order valence-electron chi connectivity index (χ0n) is 8.31. The summed E-state index contributed by atoms with van der Waals surface area (Å²) in [5.74, 6) is 0.291. The summed E-state index contributed by atoms with van der Waals surface area (Å²) >= 11 is 0. The molecule has 0 aromatic heterocycles. The molecule has 0 bridgehead atoms. The first-order valence-electron chi connectivity index (χ1n) is 5.09. The summed E-state index contributed by atoms with van der Waals surface area (Å²) in [4.78, 5) is 22.9. The number of likely N-dealkylation sites (tertiary alicyclic amines) is 1. The Balaban J connectivity index is 1.83. The van der Waals surface area contributed by atoms with E-state index in [1.165, 1.54) is 4.90 Å². The first-order valence-corrected chi connectivity index (χ1v) is 5.09. The predicted molar refractivity (Wildman–Crippen MR) is 50.6 cm³/mol. The van der Waals surface area contributed by atoms with Crippen LogP contribution >= 0.6 is 0 Å². The van der Waals surface area contributed by atoms with Crippen molar-refractivity contribution in [3.8, 4) is 0 Å². The highest BCUT2D eigenvalue weighted by atomic mass is 16.6. The molecule has 2 amide bonds. The van der Waals surface area contributed by atoms with Gasteiger partial charge in [-0.2, -0.15) is 0 Å². The summed E-state index contributed by atoms with van der Waals surface area (Å²) in [6.07, 6.45) is 0.238. The van der Waals surface area contributed by atoms with Crippen molar-refractivity contribution >= 4 is 12.2 Å². The molecule has 1 atom stereocenters. The van der Waals surface area contributed by atoms with Gasteiger partial charge >= 0.3 is 12.2 Å². The van der Waals surface area contributed by atoms with Crippen molar-refractivity contribution in [2.45, 2.75) is 18.9 Å². The summed E-state index contributed by atoms with van der Waals surface area (Å²) in [6, 6.07) is 0. The molecule has 1 unspecified atom stereocenters. The minimum Gasteiger partial charge on any atom is -0.465 e. The van der Waals surface area contributed by atoms with Crippen LogP contribution in [0.5, 0.6) is 0 Å². The molecule has 0 radical (unpaired) electrons. The molecule has 84 valence electrons. The fourth-order valence-electron chi connectivity index (χ4n) is 2.13. The molecule has 2 aliphatic heterocycles. The van der Waals surface area contributed by atoms with Crippen LogP contribution in [-0.4, -0.2) is 47.9 Å². The van der Waals surface area contributed by atoms with Crippen molar-refractivity contribution in [2.75, 3.05) is 19.6 Å². The second-order valence-corrected chi connectivity index (χ2v) is 3.93. The monoisotopic (exact) mass is 214 g/mol. The van der Waals surface area contributed by atoms with Crippen molar-refractivity contribution in [1.29, 1.82) is 0 Å². The summed E-state index contributed by atoms with van der Waals surface area (Å²) in [5, 5.41) is 11.4. The summed E-state index contributed by atoms with van der Waals surface area (Å²) < 4.78 is 5.08. The van der Waals surface area contributed by atoms with Crippen LogP contribution in [0, 0.1) is 5.92 Å². The van der Waals surface area contributed by atoms with Crippen molar-refractivity contribution in [3.63, 3.8) is 0 Å². The Morgan fingerprint density at radius 2 is 2.13 bits per heavy atom. The zero-order chi connectivity index (χ0) is 10.8. The maximum atomic E-state index is 10.8. The fraction of sp³-hybridized carbons (Fsp3) is 0.778. The Morgan fingerprint density at radius 1 is 1.47 bits per heavy atom. The first kappa shape index (κ1) is 10.1. The number of nitrogens with zero attached hydrogens (tertiary/aromatic N) is 1. The van der Waals surface area contributed by atoms with Gasteiger partial charge in [-0.1, -0.05) is 0 Å². The van der Waals surface area contributed by atoms with E-state index in [4.69, 9.17) is 9.84 Å². The average molecular weight is 214 g/mol. The van der Waals surface area contributed by atoms with Crippen molar-refractivity contribution < 1.29 is 19.4 Å². The van der Waals surface area contributed by atoms with Crippen LogP contribution in [0.4, 0.5) is 9.59 Å². The minimum atomic E-state index is -0.866. The molecular weight excluding hydrogens is 200 g/mol. The van der Waals surface area contributed by atoms with Crippen molar-refractivity contribution in [3.05, 3.63) is 0 Å². The van der Waals surface area contributed by atoms with E-state index < -0.39 is 6.09 Å². The summed E-state index contributed by atoms with van der Waals surface area (Å²) in [7, 11) is 0. The number of alkyl carbamates (subject to hydrolysis) is 1.